The van der Waals surface area contributed by atoms with Crippen LogP contribution in [0.15, 0.2) is 4.47 Å². The number of ether oxygens (including phenoxy) is 1. The van der Waals surface area contributed by atoms with Gasteiger partial charge in [0.15, 0.2) is 5.41 Å². The number of esters is 1. The molecule has 0 radical (unpaired) electrons. The van der Waals surface area contributed by atoms with Crippen LogP contribution in [-0.2, 0) is 33.7 Å². The minimum Gasteiger partial charge on any atom is -0.480 e. The average molecular weight is 347 g/mol. The van der Waals surface area contributed by atoms with Gasteiger partial charge in [-0.2, -0.15) is 5.10 Å². The Labute approximate surface area is 126 Å². The first-order chi connectivity index (χ1) is 9.31. The van der Waals surface area contributed by atoms with Crippen LogP contribution in [0, 0.1) is 5.41 Å². The van der Waals surface area contributed by atoms with Crippen molar-refractivity contribution >= 4 is 27.9 Å². The number of aliphatic carboxylic acids is 1. The highest BCUT2D eigenvalue weighted by Crippen LogP contribution is 2.31. The van der Waals surface area contributed by atoms with Gasteiger partial charge in [0.25, 0.3) is 0 Å². The first-order valence-electron chi connectivity index (χ1n) is 6.37. The molecule has 112 valence electrons. The summed E-state index contributed by atoms with van der Waals surface area (Å²) in [5.41, 5.74) is -0.0889. The van der Waals surface area contributed by atoms with Crippen molar-refractivity contribution in [1.29, 1.82) is 0 Å². The fraction of sp³-hybridized carbons (Fsp3) is 0.615. The van der Waals surface area contributed by atoms with E-state index in [0.29, 0.717) is 12.2 Å². The standard InChI is InChI=1S/C13H19BrN2O4/c1-5-8-10(14)9(16(6-2)15-8)7-13(3,11(17)18)12(19)20-4/h5-7H2,1-4H3,(H,17,18). The molecule has 0 fully saturated rings. The molecule has 6 nitrogen and oxygen atoms in total. The van der Waals surface area contributed by atoms with Crippen LogP contribution in [0.2, 0.25) is 0 Å². The summed E-state index contributed by atoms with van der Waals surface area (Å²) in [4.78, 5) is 23.3. The summed E-state index contributed by atoms with van der Waals surface area (Å²) in [5, 5.41) is 13.8. The fourth-order valence-corrected chi connectivity index (χ4v) is 2.69. The van der Waals surface area contributed by atoms with Crippen molar-refractivity contribution in [3.05, 3.63) is 15.9 Å². The molecule has 1 rings (SSSR count). The summed E-state index contributed by atoms with van der Waals surface area (Å²) in [6, 6.07) is 0. The Morgan fingerprint density at radius 3 is 2.45 bits per heavy atom. The third kappa shape index (κ3) is 2.87. The number of methoxy groups -OCH3 is 1. The second-order valence-corrected chi connectivity index (χ2v) is 5.48. The lowest BCUT2D eigenvalue weighted by Gasteiger charge is -2.22. The van der Waals surface area contributed by atoms with Gasteiger partial charge >= 0.3 is 11.9 Å². The molecule has 0 saturated carbocycles. The van der Waals surface area contributed by atoms with Crippen LogP contribution in [-0.4, -0.2) is 33.9 Å². The fourth-order valence-electron chi connectivity index (χ4n) is 1.98. The Bertz CT molecular complexity index is 527. The van der Waals surface area contributed by atoms with Crippen LogP contribution < -0.4 is 0 Å². The van der Waals surface area contributed by atoms with Gasteiger partial charge in [-0.05, 0) is 36.2 Å². The molecule has 1 atom stereocenters. The summed E-state index contributed by atoms with van der Waals surface area (Å²) >= 11 is 3.45. The predicted molar refractivity (Wildman–Crippen MR) is 76.4 cm³/mol. The van der Waals surface area contributed by atoms with E-state index in [4.69, 9.17) is 0 Å². The monoisotopic (exact) mass is 346 g/mol. The van der Waals surface area contributed by atoms with Crippen LogP contribution in [0.3, 0.4) is 0 Å². The topological polar surface area (TPSA) is 81.4 Å². The van der Waals surface area contributed by atoms with Gasteiger partial charge in [0, 0.05) is 13.0 Å². The number of carbonyl (C=O) groups excluding carboxylic acids is 1. The van der Waals surface area contributed by atoms with E-state index in [1.54, 1.807) is 4.68 Å². The Kier molecular flexibility index (Phi) is 5.33. The van der Waals surface area contributed by atoms with E-state index in [1.165, 1.54) is 14.0 Å². The first kappa shape index (κ1) is 16.7. The Morgan fingerprint density at radius 1 is 1.45 bits per heavy atom. The Morgan fingerprint density at radius 2 is 2.05 bits per heavy atom. The molecule has 7 heteroatoms. The van der Waals surface area contributed by atoms with Crippen LogP contribution in [0.25, 0.3) is 0 Å². The normalized spacial score (nSPS) is 13.8. The summed E-state index contributed by atoms with van der Waals surface area (Å²) < 4.78 is 7.11. The van der Waals surface area contributed by atoms with Gasteiger partial charge in [0.05, 0.1) is 23.0 Å². The van der Waals surface area contributed by atoms with E-state index in [-0.39, 0.29) is 6.42 Å². The van der Waals surface area contributed by atoms with E-state index in [0.717, 1.165) is 16.6 Å². The number of rotatable bonds is 6. The lowest BCUT2D eigenvalue weighted by atomic mass is 9.85. The molecular formula is C13H19BrN2O4. The van der Waals surface area contributed by atoms with Crippen molar-refractivity contribution in [3.63, 3.8) is 0 Å². The summed E-state index contributed by atoms with van der Waals surface area (Å²) in [6.45, 7) is 5.85. The SMILES string of the molecule is CCc1nn(CC)c(CC(C)(C(=O)O)C(=O)OC)c1Br. The molecule has 0 saturated heterocycles. The second kappa shape index (κ2) is 6.39. The Balaban J connectivity index is 3.28. The van der Waals surface area contributed by atoms with Crippen LogP contribution in [0.5, 0.6) is 0 Å². The quantitative estimate of drug-likeness (QED) is 0.629. The molecule has 0 aliphatic heterocycles. The van der Waals surface area contributed by atoms with E-state index >= 15 is 0 Å². The van der Waals surface area contributed by atoms with Gasteiger partial charge in [-0.3, -0.25) is 14.3 Å². The average Bonchev–Trinajstić information content (AvgIpc) is 2.73. The van der Waals surface area contributed by atoms with E-state index in [1.807, 2.05) is 13.8 Å². The maximum Gasteiger partial charge on any atom is 0.323 e. The zero-order valence-corrected chi connectivity index (χ0v) is 13.7. The van der Waals surface area contributed by atoms with Gasteiger partial charge in [-0.15, -0.1) is 0 Å². The second-order valence-electron chi connectivity index (χ2n) is 4.68. The highest BCUT2D eigenvalue weighted by atomic mass is 79.9. The van der Waals surface area contributed by atoms with Gasteiger partial charge < -0.3 is 9.84 Å². The van der Waals surface area contributed by atoms with Gasteiger partial charge in [-0.1, -0.05) is 6.92 Å². The molecule has 0 aliphatic carbocycles. The highest BCUT2D eigenvalue weighted by molar-refractivity contribution is 9.10. The number of carbonyl (C=O) groups is 2. The number of aryl methyl sites for hydroxylation is 2. The van der Waals surface area contributed by atoms with E-state index in [2.05, 4.69) is 25.8 Å². The van der Waals surface area contributed by atoms with Crippen molar-refractivity contribution in [2.45, 2.75) is 40.2 Å². The van der Waals surface area contributed by atoms with Crippen LogP contribution in [0.1, 0.15) is 32.2 Å². The maximum absolute atomic E-state index is 11.8. The molecular weight excluding hydrogens is 328 g/mol. The predicted octanol–water partition coefficient (Wildman–Crippen LogP) is 2.03. The molecule has 1 heterocycles. The molecule has 1 unspecified atom stereocenters. The third-order valence-electron chi connectivity index (χ3n) is 3.32. The van der Waals surface area contributed by atoms with Crippen LogP contribution >= 0.6 is 15.9 Å². The molecule has 1 aromatic rings. The van der Waals surface area contributed by atoms with Crippen molar-refractivity contribution in [1.82, 2.24) is 9.78 Å². The number of hydrogen-bond donors (Lipinski definition) is 1. The summed E-state index contributed by atoms with van der Waals surface area (Å²) in [6.07, 6.45) is 0.749. The molecule has 0 aliphatic rings. The van der Waals surface area contributed by atoms with Gasteiger partial charge in [0.1, 0.15) is 0 Å². The van der Waals surface area contributed by atoms with E-state index < -0.39 is 17.4 Å². The molecule has 1 aromatic heterocycles. The number of nitrogens with zero attached hydrogens (tertiary/aromatic N) is 2. The van der Waals surface area contributed by atoms with Gasteiger partial charge in [-0.25, -0.2) is 0 Å². The molecule has 0 aromatic carbocycles. The summed E-state index contributed by atoms with van der Waals surface area (Å²) in [7, 11) is 1.19. The molecule has 1 N–H and O–H groups in total. The highest BCUT2D eigenvalue weighted by Gasteiger charge is 2.44. The zero-order chi connectivity index (χ0) is 15.5. The lowest BCUT2D eigenvalue weighted by Crippen LogP contribution is -2.40. The van der Waals surface area contributed by atoms with Crippen molar-refractivity contribution in [2.75, 3.05) is 7.11 Å². The smallest absolute Gasteiger partial charge is 0.323 e. The van der Waals surface area contributed by atoms with Crippen molar-refractivity contribution in [2.24, 2.45) is 5.41 Å². The van der Waals surface area contributed by atoms with E-state index in [9.17, 15) is 14.7 Å². The van der Waals surface area contributed by atoms with Crippen molar-refractivity contribution in [3.8, 4) is 0 Å². The van der Waals surface area contributed by atoms with Gasteiger partial charge in [0.2, 0.25) is 0 Å². The number of carboxylic acids is 1. The number of hydrogen-bond acceptors (Lipinski definition) is 4. The summed E-state index contributed by atoms with van der Waals surface area (Å²) in [5.74, 6) is -1.98. The van der Waals surface area contributed by atoms with Crippen LogP contribution in [0.4, 0.5) is 0 Å². The Hall–Kier alpha value is -1.37. The number of halogens is 1. The van der Waals surface area contributed by atoms with Crippen molar-refractivity contribution < 1.29 is 19.4 Å². The number of aromatic nitrogens is 2. The number of carboxylic acid groups (broad SMARTS) is 1. The third-order valence-corrected chi connectivity index (χ3v) is 4.24. The molecule has 0 spiro atoms. The largest absolute Gasteiger partial charge is 0.480 e. The zero-order valence-electron chi connectivity index (χ0n) is 12.1. The molecule has 20 heavy (non-hydrogen) atoms. The minimum atomic E-state index is -1.63. The minimum absolute atomic E-state index is 0.0242. The first-order valence-corrected chi connectivity index (χ1v) is 7.16. The molecule has 0 bridgehead atoms. The molecule has 0 amide bonds. The maximum atomic E-state index is 11.8. The lowest BCUT2D eigenvalue weighted by molar-refractivity contribution is -0.165.